The van der Waals surface area contributed by atoms with E-state index in [1.165, 1.54) is 0 Å². The van der Waals surface area contributed by atoms with Crippen LogP contribution in [-0.2, 0) is 0 Å². The third kappa shape index (κ3) is 2.78. The van der Waals surface area contributed by atoms with E-state index in [-0.39, 0.29) is 18.4 Å². The fraction of sp³-hybridized carbons (Fsp3) is 0.538. The molecule has 2 N–H and O–H groups in total. The van der Waals surface area contributed by atoms with Crippen LogP contribution < -0.4 is 5.73 Å². The second kappa shape index (κ2) is 5.78. The molecule has 0 bridgehead atoms. The van der Waals surface area contributed by atoms with E-state index in [9.17, 15) is 8.78 Å². The molecule has 1 atom stereocenters. The topological polar surface area (TPSA) is 26.0 Å². The Labute approximate surface area is 107 Å². The fourth-order valence-corrected chi connectivity index (χ4v) is 2.49. The number of aryl methyl sites for hydroxylation is 1. The largest absolute Gasteiger partial charge is 0.324 e. The number of benzene rings is 1. The van der Waals surface area contributed by atoms with Crippen molar-refractivity contribution in [1.29, 1.82) is 0 Å². The number of rotatable bonds is 2. The molecule has 0 unspecified atom stereocenters. The van der Waals surface area contributed by atoms with Crippen LogP contribution in [0.15, 0.2) is 12.1 Å². The minimum atomic E-state index is -0.764. The summed E-state index contributed by atoms with van der Waals surface area (Å²) >= 11 is 0. The van der Waals surface area contributed by atoms with Crippen molar-refractivity contribution >= 4 is 12.4 Å². The molecule has 1 fully saturated rings. The quantitative estimate of drug-likeness (QED) is 0.859. The van der Waals surface area contributed by atoms with Crippen molar-refractivity contribution in [2.24, 2.45) is 11.7 Å². The summed E-state index contributed by atoms with van der Waals surface area (Å²) in [6.45, 7) is 1.56. The fourth-order valence-electron chi connectivity index (χ4n) is 2.49. The molecule has 1 aliphatic rings. The number of halogens is 3. The van der Waals surface area contributed by atoms with E-state index in [0.29, 0.717) is 17.0 Å². The van der Waals surface area contributed by atoms with Gasteiger partial charge >= 0.3 is 0 Å². The maximum absolute atomic E-state index is 13.7. The summed E-state index contributed by atoms with van der Waals surface area (Å²) in [6.07, 6.45) is 4.34. The lowest BCUT2D eigenvalue weighted by Crippen LogP contribution is -2.21. The van der Waals surface area contributed by atoms with Crippen molar-refractivity contribution in [1.82, 2.24) is 0 Å². The van der Waals surface area contributed by atoms with Crippen LogP contribution in [0, 0.1) is 24.5 Å². The van der Waals surface area contributed by atoms with Gasteiger partial charge in [0.15, 0.2) is 11.6 Å². The zero-order chi connectivity index (χ0) is 11.7. The van der Waals surface area contributed by atoms with Crippen LogP contribution in [0.4, 0.5) is 8.78 Å². The lowest BCUT2D eigenvalue weighted by atomic mass is 9.91. The second-order valence-electron chi connectivity index (χ2n) is 4.67. The normalized spacial score (nSPS) is 17.9. The van der Waals surface area contributed by atoms with E-state index >= 15 is 0 Å². The molecule has 96 valence electrons. The maximum Gasteiger partial charge on any atom is 0.163 e. The molecular formula is C13H18ClF2N. The summed E-state index contributed by atoms with van der Waals surface area (Å²) in [7, 11) is 0. The summed E-state index contributed by atoms with van der Waals surface area (Å²) in [6, 6.07) is 2.86. The van der Waals surface area contributed by atoms with Gasteiger partial charge in [0.1, 0.15) is 0 Å². The minimum absolute atomic E-state index is 0. The molecule has 0 radical (unpaired) electrons. The van der Waals surface area contributed by atoms with Crippen molar-refractivity contribution < 1.29 is 8.78 Å². The van der Waals surface area contributed by atoms with Gasteiger partial charge in [-0.15, -0.1) is 12.4 Å². The minimum Gasteiger partial charge on any atom is -0.324 e. The summed E-state index contributed by atoms with van der Waals surface area (Å²) in [5.74, 6) is -1.22. The van der Waals surface area contributed by atoms with Crippen molar-refractivity contribution in [3.63, 3.8) is 0 Å². The Morgan fingerprint density at radius 3 is 2.35 bits per heavy atom. The van der Waals surface area contributed by atoms with Gasteiger partial charge in [-0.1, -0.05) is 25.0 Å². The summed E-state index contributed by atoms with van der Waals surface area (Å²) in [5.41, 5.74) is 6.68. The van der Waals surface area contributed by atoms with Gasteiger partial charge in [0.25, 0.3) is 0 Å². The SMILES string of the molecule is Cc1ccc([C@@H](N)C2CCCC2)c(F)c1F.Cl. The molecule has 1 saturated carbocycles. The first-order valence-corrected chi connectivity index (χ1v) is 5.81. The molecule has 4 heteroatoms. The first kappa shape index (κ1) is 14.4. The monoisotopic (exact) mass is 261 g/mol. The molecule has 17 heavy (non-hydrogen) atoms. The summed E-state index contributed by atoms with van der Waals surface area (Å²) in [4.78, 5) is 0. The Hall–Kier alpha value is -0.670. The van der Waals surface area contributed by atoms with Crippen molar-refractivity contribution in [3.05, 3.63) is 34.9 Å². The predicted octanol–water partition coefficient (Wildman–Crippen LogP) is 3.89. The lowest BCUT2D eigenvalue weighted by molar-refractivity contribution is 0.414. The molecule has 1 nitrogen and oxygen atoms in total. The molecule has 0 aromatic heterocycles. The lowest BCUT2D eigenvalue weighted by Gasteiger charge is -2.20. The highest BCUT2D eigenvalue weighted by Crippen LogP contribution is 2.35. The van der Waals surface area contributed by atoms with E-state index in [1.54, 1.807) is 19.1 Å². The van der Waals surface area contributed by atoms with Crippen LogP contribution in [-0.4, -0.2) is 0 Å². The van der Waals surface area contributed by atoms with Gasteiger partial charge in [-0.25, -0.2) is 8.78 Å². The maximum atomic E-state index is 13.7. The highest BCUT2D eigenvalue weighted by atomic mass is 35.5. The van der Waals surface area contributed by atoms with Crippen LogP contribution in [0.2, 0.25) is 0 Å². The molecule has 1 aromatic carbocycles. The third-order valence-electron chi connectivity index (χ3n) is 3.57. The first-order valence-electron chi connectivity index (χ1n) is 5.81. The third-order valence-corrected chi connectivity index (χ3v) is 3.57. The van der Waals surface area contributed by atoms with Crippen LogP contribution in [0.25, 0.3) is 0 Å². The Balaban J connectivity index is 0.00000144. The van der Waals surface area contributed by atoms with E-state index in [2.05, 4.69) is 0 Å². The summed E-state index contributed by atoms with van der Waals surface area (Å²) < 4.78 is 27.1. The predicted molar refractivity (Wildman–Crippen MR) is 67.2 cm³/mol. The zero-order valence-electron chi connectivity index (χ0n) is 9.88. The molecule has 0 spiro atoms. The molecule has 0 heterocycles. The average Bonchev–Trinajstić information content (AvgIpc) is 2.79. The molecule has 1 aliphatic carbocycles. The van der Waals surface area contributed by atoms with Gasteiger partial charge in [0, 0.05) is 11.6 Å². The van der Waals surface area contributed by atoms with Crippen LogP contribution >= 0.6 is 12.4 Å². The Morgan fingerprint density at radius 1 is 1.18 bits per heavy atom. The highest BCUT2D eigenvalue weighted by Gasteiger charge is 2.26. The van der Waals surface area contributed by atoms with E-state index < -0.39 is 11.6 Å². The first-order chi connectivity index (χ1) is 7.61. The number of nitrogens with two attached hydrogens (primary N) is 1. The summed E-state index contributed by atoms with van der Waals surface area (Å²) in [5, 5.41) is 0. The Bertz CT molecular complexity index is 389. The van der Waals surface area contributed by atoms with Crippen molar-refractivity contribution in [2.75, 3.05) is 0 Å². The number of hydrogen-bond donors (Lipinski definition) is 1. The smallest absolute Gasteiger partial charge is 0.163 e. The van der Waals surface area contributed by atoms with Crippen molar-refractivity contribution in [3.8, 4) is 0 Å². The molecular weight excluding hydrogens is 244 g/mol. The van der Waals surface area contributed by atoms with Gasteiger partial charge in [-0.3, -0.25) is 0 Å². The van der Waals surface area contributed by atoms with Gasteiger partial charge < -0.3 is 5.73 Å². The van der Waals surface area contributed by atoms with Crippen LogP contribution in [0.5, 0.6) is 0 Å². The van der Waals surface area contributed by atoms with E-state index in [0.717, 1.165) is 25.7 Å². The molecule has 0 saturated heterocycles. The van der Waals surface area contributed by atoms with E-state index in [1.807, 2.05) is 0 Å². The average molecular weight is 262 g/mol. The Morgan fingerprint density at radius 2 is 1.76 bits per heavy atom. The van der Waals surface area contributed by atoms with Gasteiger partial charge in [0.05, 0.1) is 0 Å². The van der Waals surface area contributed by atoms with Crippen LogP contribution in [0.3, 0.4) is 0 Å². The molecule has 0 aliphatic heterocycles. The molecule has 2 rings (SSSR count). The molecule has 0 amide bonds. The molecule has 1 aromatic rings. The second-order valence-corrected chi connectivity index (χ2v) is 4.67. The zero-order valence-corrected chi connectivity index (χ0v) is 10.7. The number of hydrogen-bond acceptors (Lipinski definition) is 1. The van der Waals surface area contributed by atoms with Crippen molar-refractivity contribution in [2.45, 2.75) is 38.6 Å². The standard InChI is InChI=1S/C13H17F2N.ClH/c1-8-6-7-10(12(15)11(8)14)13(16)9-4-2-3-5-9;/h6-7,9,13H,2-5,16H2,1H3;1H/t13-;/m0./s1. The van der Waals surface area contributed by atoms with Gasteiger partial charge in [-0.2, -0.15) is 0 Å². The Kier molecular flexibility index (Phi) is 4.90. The highest BCUT2D eigenvalue weighted by molar-refractivity contribution is 5.85. The van der Waals surface area contributed by atoms with E-state index in [4.69, 9.17) is 5.73 Å². The van der Waals surface area contributed by atoms with Gasteiger partial charge in [-0.05, 0) is 31.2 Å². The van der Waals surface area contributed by atoms with Gasteiger partial charge in [0.2, 0.25) is 0 Å². The van der Waals surface area contributed by atoms with Crippen LogP contribution in [0.1, 0.15) is 42.9 Å².